The highest BCUT2D eigenvalue weighted by atomic mass is 15.1. The number of rotatable bonds is 4. The molecule has 2 aliphatic carbocycles. The maximum Gasteiger partial charge on any atom is 0.0955 e. The molecule has 1 N–H and O–H groups in total. The van der Waals surface area contributed by atoms with Crippen molar-refractivity contribution in [2.75, 3.05) is 13.6 Å². The molecule has 2 bridgehead atoms. The van der Waals surface area contributed by atoms with Crippen LogP contribution >= 0.6 is 0 Å². The molecule has 86 valence electrons. The fraction of sp³-hybridized carbons (Fsp3) is 0.923. The van der Waals surface area contributed by atoms with E-state index in [0.717, 1.165) is 43.0 Å². The highest BCUT2D eigenvalue weighted by Crippen LogP contribution is 2.48. The minimum Gasteiger partial charge on any atom is -0.363 e. The number of hydrogen-bond donors (Lipinski definition) is 1. The molecule has 15 heavy (non-hydrogen) atoms. The number of hydrogen-bond acceptors (Lipinski definition) is 1. The summed E-state index contributed by atoms with van der Waals surface area (Å²) in [6.07, 6.45) is 7.91. The Morgan fingerprint density at radius 2 is 2.13 bits per heavy atom. The number of fused-ring (bicyclic) bond motifs is 2. The zero-order chi connectivity index (χ0) is 10.8. The van der Waals surface area contributed by atoms with Gasteiger partial charge in [0.2, 0.25) is 0 Å². The van der Waals surface area contributed by atoms with E-state index in [-0.39, 0.29) is 0 Å². The van der Waals surface area contributed by atoms with E-state index >= 15 is 0 Å². The lowest BCUT2D eigenvalue weighted by Gasteiger charge is -2.28. The Bertz CT molecular complexity index is 237. The summed E-state index contributed by atoms with van der Waals surface area (Å²) in [4.78, 5) is 2.19. The van der Waals surface area contributed by atoms with Crippen LogP contribution in [0.25, 0.3) is 0 Å². The second kappa shape index (κ2) is 4.54. The van der Waals surface area contributed by atoms with E-state index in [2.05, 4.69) is 18.9 Å². The molecule has 0 aliphatic heterocycles. The van der Waals surface area contributed by atoms with Crippen molar-refractivity contribution >= 4 is 5.84 Å². The van der Waals surface area contributed by atoms with E-state index in [0.29, 0.717) is 0 Å². The third kappa shape index (κ3) is 2.35. The van der Waals surface area contributed by atoms with Crippen molar-refractivity contribution in [3.05, 3.63) is 0 Å². The zero-order valence-corrected chi connectivity index (χ0v) is 10.1. The summed E-state index contributed by atoms with van der Waals surface area (Å²) in [6.45, 7) is 3.29. The average molecular weight is 208 g/mol. The van der Waals surface area contributed by atoms with E-state index < -0.39 is 0 Å². The number of nitrogens with one attached hydrogen (secondary N) is 1. The summed E-state index contributed by atoms with van der Waals surface area (Å²) < 4.78 is 0. The Morgan fingerprint density at radius 3 is 2.67 bits per heavy atom. The predicted octanol–water partition coefficient (Wildman–Crippen LogP) is 3.13. The first-order valence-electron chi connectivity index (χ1n) is 6.49. The maximum absolute atomic E-state index is 7.92. The van der Waals surface area contributed by atoms with Gasteiger partial charge in [0, 0.05) is 20.0 Å². The molecule has 0 aromatic rings. The normalized spacial score (nSPS) is 33.3. The van der Waals surface area contributed by atoms with Gasteiger partial charge in [0.15, 0.2) is 0 Å². The van der Waals surface area contributed by atoms with Crippen molar-refractivity contribution in [2.45, 2.75) is 45.4 Å². The minimum atomic E-state index is 0.834. The third-order valence-corrected chi connectivity index (χ3v) is 4.34. The van der Waals surface area contributed by atoms with Crippen molar-refractivity contribution in [3.8, 4) is 0 Å². The molecule has 2 aliphatic rings. The van der Waals surface area contributed by atoms with Gasteiger partial charge < -0.3 is 4.90 Å². The first kappa shape index (κ1) is 11.0. The molecule has 0 aromatic carbocycles. The van der Waals surface area contributed by atoms with Gasteiger partial charge in [-0.2, -0.15) is 0 Å². The Hall–Kier alpha value is -0.530. The predicted molar refractivity (Wildman–Crippen MR) is 64.2 cm³/mol. The fourth-order valence-corrected chi connectivity index (χ4v) is 3.49. The summed E-state index contributed by atoms with van der Waals surface area (Å²) in [6, 6.07) is 0. The third-order valence-electron chi connectivity index (χ3n) is 4.34. The molecular weight excluding hydrogens is 184 g/mol. The zero-order valence-electron chi connectivity index (χ0n) is 10.1. The van der Waals surface area contributed by atoms with Crippen LogP contribution in [-0.2, 0) is 0 Å². The second-order valence-electron chi connectivity index (χ2n) is 5.51. The molecule has 0 saturated heterocycles. The van der Waals surface area contributed by atoms with Crippen molar-refractivity contribution in [1.82, 2.24) is 4.90 Å². The van der Waals surface area contributed by atoms with Crippen molar-refractivity contribution in [3.63, 3.8) is 0 Å². The summed E-state index contributed by atoms with van der Waals surface area (Å²) >= 11 is 0. The molecule has 2 nitrogen and oxygen atoms in total. The monoisotopic (exact) mass is 208 g/mol. The lowest BCUT2D eigenvalue weighted by molar-refractivity contribution is 0.273. The van der Waals surface area contributed by atoms with Crippen LogP contribution in [0.2, 0.25) is 0 Å². The highest BCUT2D eigenvalue weighted by molar-refractivity contribution is 5.78. The molecule has 3 unspecified atom stereocenters. The molecule has 0 radical (unpaired) electrons. The van der Waals surface area contributed by atoms with Gasteiger partial charge in [0.1, 0.15) is 0 Å². The Labute approximate surface area is 93.6 Å². The summed E-state index contributed by atoms with van der Waals surface area (Å²) in [5.41, 5.74) is 0. The van der Waals surface area contributed by atoms with Crippen molar-refractivity contribution in [2.24, 2.45) is 17.8 Å². The van der Waals surface area contributed by atoms with E-state index in [1.54, 1.807) is 0 Å². The van der Waals surface area contributed by atoms with Crippen LogP contribution in [0.3, 0.4) is 0 Å². The summed E-state index contributed by atoms with van der Waals surface area (Å²) in [7, 11) is 2.10. The molecule has 0 spiro atoms. The van der Waals surface area contributed by atoms with Crippen LogP contribution in [0.15, 0.2) is 0 Å². The van der Waals surface area contributed by atoms with Crippen molar-refractivity contribution < 1.29 is 0 Å². The van der Waals surface area contributed by atoms with E-state index in [9.17, 15) is 0 Å². The lowest BCUT2D eigenvalue weighted by atomic mass is 9.88. The standard InChI is InChI=1S/C13H24N2/c1-3-4-13(14)15(2)9-12-8-10-5-6-11(12)7-10/h10-12,14H,3-9H2,1-2H3. The minimum absolute atomic E-state index is 0.834. The Kier molecular flexibility index (Phi) is 3.32. The first-order valence-corrected chi connectivity index (χ1v) is 6.49. The molecular formula is C13H24N2. The quantitative estimate of drug-likeness (QED) is 0.558. The number of nitrogens with zero attached hydrogens (tertiary/aromatic N) is 1. The highest BCUT2D eigenvalue weighted by Gasteiger charge is 2.39. The van der Waals surface area contributed by atoms with Gasteiger partial charge in [0.25, 0.3) is 0 Å². The maximum atomic E-state index is 7.92. The lowest BCUT2D eigenvalue weighted by Crippen LogP contribution is -2.33. The molecule has 2 fully saturated rings. The number of amidine groups is 1. The molecule has 0 amide bonds. The summed E-state index contributed by atoms with van der Waals surface area (Å²) in [5, 5.41) is 7.92. The van der Waals surface area contributed by atoms with Gasteiger partial charge in [-0.05, 0) is 43.4 Å². The molecule has 2 rings (SSSR count). The topological polar surface area (TPSA) is 27.1 Å². The van der Waals surface area contributed by atoms with Gasteiger partial charge in [-0.15, -0.1) is 0 Å². The van der Waals surface area contributed by atoms with Crippen LogP contribution in [0.5, 0.6) is 0 Å². The molecule has 3 atom stereocenters. The first-order chi connectivity index (χ1) is 7.20. The molecule has 2 heteroatoms. The second-order valence-corrected chi connectivity index (χ2v) is 5.51. The van der Waals surface area contributed by atoms with E-state index in [1.165, 1.54) is 25.7 Å². The van der Waals surface area contributed by atoms with Gasteiger partial charge in [-0.3, -0.25) is 5.41 Å². The van der Waals surface area contributed by atoms with Gasteiger partial charge >= 0.3 is 0 Å². The Balaban J connectivity index is 1.79. The molecule has 0 aromatic heterocycles. The average Bonchev–Trinajstić information content (AvgIpc) is 2.79. The van der Waals surface area contributed by atoms with Crippen molar-refractivity contribution in [1.29, 1.82) is 5.41 Å². The van der Waals surface area contributed by atoms with Crippen LogP contribution in [0.1, 0.15) is 45.4 Å². The molecule has 2 saturated carbocycles. The van der Waals surface area contributed by atoms with Gasteiger partial charge in [-0.1, -0.05) is 13.3 Å². The fourth-order valence-electron chi connectivity index (χ4n) is 3.49. The molecule has 0 heterocycles. The SMILES string of the molecule is CCCC(=N)N(C)CC1CC2CCC1C2. The largest absolute Gasteiger partial charge is 0.363 e. The van der Waals surface area contributed by atoms with E-state index in [4.69, 9.17) is 5.41 Å². The van der Waals surface area contributed by atoms with Gasteiger partial charge in [-0.25, -0.2) is 0 Å². The Morgan fingerprint density at radius 1 is 1.33 bits per heavy atom. The van der Waals surface area contributed by atoms with Crippen LogP contribution in [-0.4, -0.2) is 24.3 Å². The van der Waals surface area contributed by atoms with E-state index in [1.807, 2.05) is 0 Å². The van der Waals surface area contributed by atoms with Crippen LogP contribution in [0, 0.1) is 23.2 Å². The smallest absolute Gasteiger partial charge is 0.0955 e. The van der Waals surface area contributed by atoms with Gasteiger partial charge in [0.05, 0.1) is 5.84 Å². The van der Waals surface area contributed by atoms with Crippen LogP contribution in [0.4, 0.5) is 0 Å². The van der Waals surface area contributed by atoms with Crippen LogP contribution < -0.4 is 0 Å². The summed E-state index contributed by atoms with van der Waals surface area (Å²) in [5.74, 6) is 3.76.